The first kappa shape index (κ1) is 21.6. The largest absolute Gasteiger partial charge is 0.339 e. The first-order valence-electron chi connectivity index (χ1n) is 9.45. The lowest BCUT2D eigenvalue weighted by Crippen LogP contribution is -2.36. The summed E-state index contributed by atoms with van der Waals surface area (Å²) in [5.74, 6) is 0.875. The van der Waals surface area contributed by atoms with Crippen molar-refractivity contribution in [1.29, 1.82) is 0 Å². The number of non-ortho nitro benzene ring substituents is 1. The summed E-state index contributed by atoms with van der Waals surface area (Å²) in [5, 5.41) is 15.0. The predicted molar refractivity (Wildman–Crippen MR) is 115 cm³/mol. The second-order valence-corrected chi connectivity index (χ2v) is 8.14. The number of carbonyl (C=O) groups is 1. The molecular formula is C21H21BrN4O4. The number of hydrogen-bond acceptors (Lipinski definition) is 6. The van der Waals surface area contributed by atoms with Crippen molar-refractivity contribution in [3.63, 3.8) is 0 Å². The number of aromatic nitrogens is 2. The third-order valence-electron chi connectivity index (χ3n) is 4.34. The van der Waals surface area contributed by atoms with Gasteiger partial charge in [0.05, 0.1) is 4.92 Å². The average Bonchev–Trinajstić information content (AvgIpc) is 3.20. The fourth-order valence-electron chi connectivity index (χ4n) is 2.95. The van der Waals surface area contributed by atoms with E-state index in [0.29, 0.717) is 31.2 Å². The zero-order valence-corrected chi connectivity index (χ0v) is 18.2. The lowest BCUT2D eigenvalue weighted by molar-refractivity contribution is -0.384. The molecular weight excluding hydrogens is 452 g/mol. The van der Waals surface area contributed by atoms with Crippen LogP contribution in [0.2, 0.25) is 0 Å². The van der Waals surface area contributed by atoms with Gasteiger partial charge in [-0.05, 0) is 36.2 Å². The fraction of sp³-hybridized carbons (Fsp3) is 0.286. The van der Waals surface area contributed by atoms with Crippen LogP contribution in [0.5, 0.6) is 0 Å². The highest BCUT2D eigenvalue weighted by Gasteiger charge is 2.20. The average molecular weight is 473 g/mol. The molecule has 0 radical (unpaired) electrons. The lowest BCUT2D eigenvalue weighted by atomic mass is 10.1. The second kappa shape index (κ2) is 9.62. The molecule has 0 aliphatic heterocycles. The maximum atomic E-state index is 13.0. The number of nitrogens with zero attached hydrogens (tertiary/aromatic N) is 4. The topological polar surface area (TPSA) is 102 Å². The van der Waals surface area contributed by atoms with Crippen LogP contribution >= 0.6 is 15.9 Å². The number of amides is 1. The minimum Gasteiger partial charge on any atom is -0.339 e. The van der Waals surface area contributed by atoms with Crippen LogP contribution in [-0.4, -0.2) is 39.0 Å². The number of benzene rings is 2. The number of hydrogen-bond donors (Lipinski definition) is 0. The van der Waals surface area contributed by atoms with Gasteiger partial charge in [-0.1, -0.05) is 41.0 Å². The van der Waals surface area contributed by atoms with Crippen molar-refractivity contribution in [3.05, 3.63) is 74.6 Å². The molecule has 1 aromatic heterocycles. The van der Waals surface area contributed by atoms with Crippen molar-refractivity contribution in [3.8, 4) is 11.4 Å². The molecule has 9 heteroatoms. The Kier molecular flexibility index (Phi) is 6.94. The van der Waals surface area contributed by atoms with Gasteiger partial charge in [-0.2, -0.15) is 4.98 Å². The predicted octanol–water partition coefficient (Wildman–Crippen LogP) is 4.75. The molecule has 0 atom stereocenters. The van der Waals surface area contributed by atoms with Gasteiger partial charge in [-0.15, -0.1) is 0 Å². The molecule has 156 valence electrons. The molecule has 0 spiro atoms. The summed E-state index contributed by atoms with van der Waals surface area (Å²) in [5.41, 5.74) is 1.01. The highest BCUT2D eigenvalue weighted by atomic mass is 79.9. The van der Waals surface area contributed by atoms with Gasteiger partial charge in [-0.25, -0.2) is 0 Å². The molecule has 1 amide bonds. The third kappa shape index (κ3) is 5.50. The molecule has 0 fully saturated rings. The summed E-state index contributed by atoms with van der Waals surface area (Å²) in [4.78, 5) is 29.6. The van der Waals surface area contributed by atoms with Gasteiger partial charge in [0.1, 0.15) is 0 Å². The van der Waals surface area contributed by atoms with Gasteiger partial charge in [0.2, 0.25) is 11.7 Å². The van der Waals surface area contributed by atoms with Crippen molar-refractivity contribution >= 4 is 27.5 Å². The molecule has 3 rings (SSSR count). The van der Waals surface area contributed by atoms with Crippen molar-refractivity contribution in [1.82, 2.24) is 15.0 Å². The molecule has 8 nitrogen and oxygen atoms in total. The Morgan fingerprint density at radius 1 is 1.23 bits per heavy atom. The van der Waals surface area contributed by atoms with Gasteiger partial charge < -0.3 is 9.42 Å². The normalized spacial score (nSPS) is 10.9. The Morgan fingerprint density at radius 3 is 2.63 bits per heavy atom. The lowest BCUT2D eigenvalue weighted by Gasteiger charge is -2.24. The second-order valence-electron chi connectivity index (χ2n) is 7.22. The van der Waals surface area contributed by atoms with Gasteiger partial charge >= 0.3 is 0 Å². The molecule has 0 aliphatic carbocycles. The SMILES string of the molecule is CC(C)CN(CCc1nc(-c2ccc(Br)cc2)no1)C(=O)c1cccc([N+](=O)[O-])c1. The van der Waals surface area contributed by atoms with Crippen LogP contribution in [0.4, 0.5) is 5.69 Å². The summed E-state index contributed by atoms with van der Waals surface area (Å²) < 4.78 is 6.30. The molecule has 0 saturated heterocycles. The van der Waals surface area contributed by atoms with E-state index in [1.807, 2.05) is 38.1 Å². The fourth-order valence-corrected chi connectivity index (χ4v) is 3.22. The zero-order chi connectivity index (χ0) is 21.7. The van der Waals surface area contributed by atoms with Crippen LogP contribution in [0.3, 0.4) is 0 Å². The molecule has 0 N–H and O–H groups in total. The molecule has 0 unspecified atom stereocenters. The maximum Gasteiger partial charge on any atom is 0.270 e. The van der Waals surface area contributed by atoms with E-state index in [1.54, 1.807) is 11.0 Å². The highest BCUT2D eigenvalue weighted by molar-refractivity contribution is 9.10. The van der Waals surface area contributed by atoms with Crippen LogP contribution in [0.1, 0.15) is 30.1 Å². The van der Waals surface area contributed by atoms with E-state index < -0.39 is 4.92 Å². The van der Waals surface area contributed by atoms with Crippen molar-refractivity contribution < 1.29 is 14.2 Å². The minimum absolute atomic E-state index is 0.110. The van der Waals surface area contributed by atoms with Crippen LogP contribution in [-0.2, 0) is 6.42 Å². The van der Waals surface area contributed by atoms with E-state index in [-0.39, 0.29) is 23.1 Å². The van der Waals surface area contributed by atoms with E-state index in [4.69, 9.17) is 4.52 Å². The monoisotopic (exact) mass is 472 g/mol. The van der Waals surface area contributed by atoms with E-state index in [1.165, 1.54) is 18.2 Å². The summed E-state index contributed by atoms with van der Waals surface area (Å²) in [6, 6.07) is 13.3. The molecule has 1 heterocycles. The summed E-state index contributed by atoms with van der Waals surface area (Å²) >= 11 is 3.39. The van der Waals surface area contributed by atoms with Crippen LogP contribution in [0.25, 0.3) is 11.4 Å². The standard InChI is InChI=1S/C21H21BrN4O4/c1-14(2)13-25(21(27)16-4-3-5-18(12-16)26(28)29)11-10-19-23-20(24-30-19)15-6-8-17(22)9-7-15/h3-9,12,14H,10-11,13H2,1-2H3. The number of nitro groups is 1. The minimum atomic E-state index is -0.508. The van der Waals surface area contributed by atoms with Crippen molar-refractivity contribution in [2.75, 3.05) is 13.1 Å². The van der Waals surface area contributed by atoms with Crippen molar-refractivity contribution in [2.45, 2.75) is 20.3 Å². The smallest absolute Gasteiger partial charge is 0.270 e. The van der Waals surface area contributed by atoms with Crippen LogP contribution in [0, 0.1) is 16.0 Å². The summed E-state index contributed by atoms with van der Waals surface area (Å²) in [6.07, 6.45) is 0.386. The molecule has 0 saturated carbocycles. The molecule has 30 heavy (non-hydrogen) atoms. The molecule has 0 bridgehead atoms. The Balaban J connectivity index is 1.72. The third-order valence-corrected chi connectivity index (χ3v) is 4.87. The summed E-state index contributed by atoms with van der Waals surface area (Å²) in [6.45, 7) is 4.88. The van der Waals surface area contributed by atoms with E-state index in [0.717, 1.165) is 10.0 Å². The number of carbonyl (C=O) groups excluding carboxylic acids is 1. The quantitative estimate of drug-likeness (QED) is 0.346. The van der Waals surface area contributed by atoms with Gasteiger partial charge in [0.25, 0.3) is 11.6 Å². The highest BCUT2D eigenvalue weighted by Crippen LogP contribution is 2.20. The Bertz CT molecular complexity index is 1030. The molecule has 2 aromatic carbocycles. The van der Waals surface area contributed by atoms with Gasteiger partial charge in [-0.3, -0.25) is 14.9 Å². The Hall–Kier alpha value is -3.07. The summed E-state index contributed by atoms with van der Waals surface area (Å²) in [7, 11) is 0. The number of rotatable bonds is 8. The van der Waals surface area contributed by atoms with E-state index in [2.05, 4.69) is 26.1 Å². The maximum absolute atomic E-state index is 13.0. The number of nitro benzene ring substituents is 1. The molecule has 3 aromatic rings. The van der Waals surface area contributed by atoms with E-state index in [9.17, 15) is 14.9 Å². The van der Waals surface area contributed by atoms with Crippen LogP contribution < -0.4 is 0 Å². The first-order chi connectivity index (χ1) is 14.3. The molecule has 0 aliphatic rings. The van der Waals surface area contributed by atoms with Crippen molar-refractivity contribution in [2.24, 2.45) is 5.92 Å². The van der Waals surface area contributed by atoms with E-state index >= 15 is 0 Å². The Labute approximate surface area is 182 Å². The Morgan fingerprint density at radius 2 is 1.97 bits per heavy atom. The van der Waals surface area contributed by atoms with Gasteiger partial charge in [0, 0.05) is 47.2 Å². The van der Waals surface area contributed by atoms with Crippen LogP contribution in [0.15, 0.2) is 57.5 Å². The number of halogens is 1. The zero-order valence-electron chi connectivity index (χ0n) is 16.6. The van der Waals surface area contributed by atoms with Gasteiger partial charge in [0.15, 0.2) is 0 Å². The first-order valence-corrected chi connectivity index (χ1v) is 10.2.